The van der Waals surface area contributed by atoms with Crippen LogP contribution in [0.1, 0.15) is 63.5 Å². The summed E-state index contributed by atoms with van der Waals surface area (Å²) >= 11 is 0. The molecule has 31 heavy (non-hydrogen) atoms. The molecule has 3 amide bonds. The number of fused-ring (bicyclic) bond motifs is 4. The largest absolute Gasteiger partial charge is 0.392 e. The first-order valence-corrected chi connectivity index (χ1v) is 11.7. The molecule has 7 heteroatoms. The highest BCUT2D eigenvalue weighted by atomic mass is 16.3. The average molecular weight is 426 g/mol. The van der Waals surface area contributed by atoms with Crippen molar-refractivity contribution in [2.75, 3.05) is 5.32 Å². The number of imide groups is 1. The van der Waals surface area contributed by atoms with E-state index in [0.29, 0.717) is 5.69 Å². The van der Waals surface area contributed by atoms with Crippen LogP contribution in [0.2, 0.25) is 0 Å². The molecule has 1 aliphatic carbocycles. The fourth-order valence-corrected chi connectivity index (χ4v) is 6.31. The number of rotatable bonds is 3. The maximum Gasteiger partial charge on any atom is 0.250 e. The molecular formula is C24H31N3O4. The van der Waals surface area contributed by atoms with E-state index in [2.05, 4.69) is 10.6 Å². The second-order valence-electron chi connectivity index (χ2n) is 9.60. The van der Waals surface area contributed by atoms with Gasteiger partial charge >= 0.3 is 0 Å². The molecule has 0 aromatic heterocycles. The van der Waals surface area contributed by atoms with E-state index in [1.807, 2.05) is 25.1 Å². The summed E-state index contributed by atoms with van der Waals surface area (Å²) < 4.78 is 0. The van der Waals surface area contributed by atoms with Gasteiger partial charge in [-0.3, -0.25) is 24.6 Å². The van der Waals surface area contributed by atoms with Crippen LogP contribution in [0.4, 0.5) is 5.69 Å². The van der Waals surface area contributed by atoms with Gasteiger partial charge < -0.3 is 10.4 Å². The van der Waals surface area contributed by atoms with E-state index in [-0.39, 0.29) is 23.8 Å². The SMILES string of the molecule is CCc1ccc2c(c1)C1(NC(C(C)O)C3C(=O)N(C4CCCCCC4)C(=O)C31)C(=O)N2. The maximum absolute atomic E-state index is 13.9. The number of aliphatic hydroxyl groups is 1. The predicted octanol–water partition coefficient (Wildman–Crippen LogP) is 2.07. The number of likely N-dealkylation sites (tertiary alicyclic amines) is 1. The molecular weight excluding hydrogens is 394 g/mol. The Balaban J connectivity index is 1.63. The number of hydrogen-bond donors (Lipinski definition) is 3. The number of nitrogens with zero attached hydrogens (tertiary/aromatic N) is 1. The highest BCUT2D eigenvalue weighted by Crippen LogP contribution is 2.54. The second-order valence-corrected chi connectivity index (χ2v) is 9.60. The van der Waals surface area contributed by atoms with Crippen molar-refractivity contribution in [3.8, 4) is 0 Å². The standard InChI is InChI=1S/C24H31N3O4/c1-3-14-10-11-17-16(12-14)24(23(31)25-17)19-18(20(26-24)13(2)28)21(29)27(22(19)30)15-8-6-4-5-7-9-15/h10-13,15,18-20,26,28H,3-9H2,1-2H3,(H,25,31). The molecule has 2 saturated heterocycles. The number of anilines is 1. The molecule has 7 nitrogen and oxygen atoms in total. The topological polar surface area (TPSA) is 98.7 Å². The van der Waals surface area contributed by atoms with E-state index in [1.165, 1.54) is 4.90 Å². The summed E-state index contributed by atoms with van der Waals surface area (Å²) in [6.45, 7) is 3.66. The second kappa shape index (κ2) is 7.41. The fourth-order valence-electron chi connectivity index (χ4n) is 6.31. The lowest BCUT2D eigenvalue weighted by Gasteiger charge is -2.32. The van der Waals surface area contributed by atoms with E-state index in [4.69, 9.17) is 0 Å². The van der Waals surface area contributed by atoms with Crippen molar-refractivity contribution in [3.05, 3.63) is 29.3 Å². The van der Waals surface area contributed by atoms with Gasteiger partial charge in [0.15, 0.2) is 0 Å². The Kier molecular flexibility index (Phi) is 4.94. The number of benzene rings is 1. The summed E-state index contributed by atoms with van der Waals surface area (Å²) in [5.41, 5.74) is 1.14. The van der Waals surface area contributed by atoms with Gasteiger partial charge in [-0.2, -0.15) is 0 Å². The van der Waals surface area contributed by atoms with E-state index in [9.17, 15) is 19.5 Å². The zero-order valence-electron chi connectivity index (χ0n) is 18.2. The van der Waals surface area contributed by atoms with Crippen LogP contribution in [-0.2, 0) is 26.3 Å². The van der Waals surface area contributed by atoms with Crippen molar-refractivity contribution < 1.29 is 19.5 Å². The molecule has 1 aromatic carbocycles. The molecule has 5 unspecified atom stereocenters. The predicted molar refractivity (Wildman–Crippen MR) is 115 cm³/mol. The van der Waals surface area contributed by atoms with Gasteiger partial charge in [0.1, 0.15) is 5.54 Å². The van der Waals surface area contributed by atoms with Crippen LogP contribution in [-0.4, -0.2) is 45.9 Å². The van der Waals surface area contributed by atoms with Crippen molar-refractivity contribution in [1.29, 1.82) is 0 Å². The Labute approximate surface area is 182 Å². The quantitative estimate of drug-likeness (QED) is 0.509. The minimum Gasteiger partial charge on any atom is -0.392 e. The van der Waals surface area contributed by atoms with Crippen LogP contribution in [0.5, 0.6) is 0 Å². The highest BCUT2D eigenvalue weighted by Gasteiger charge is 2.71. The first-order valence-electron chi connectivity index (χ1n) is 11.7. The van der Waals surface area contributed by atoms with Gasteiger partial charge in [-0.1, -0.05) is 44.7 Å². The third-order valence-corrected chi connectivity index (χ3v) is 7.87. The van der Waals surface area contributed by atoms with Gasteiger partial charge in [0, 0.05) is 23.3 Å². The molecule has 3 aliphatic heterocycles. The monoisotopic (exact) mass is 425 g/mol. The van der Waals surface area contributed by atoms with Gasteiger partial charge in [-0.05, 0) is 37.8 Å². The number of hydrogen-bond acceptors (Lipinski definition) is 5. The minimum absolute atomic E-state index is 0.106. The van der Waals surface area contributed by atoms with Crippen molar-refractivity contribution >= 4 is 23.4 Å². The van der Waals surface area contributed by atoms with Crippen molar-refractivity contribution in [2.45, 2.75) is 82.5 Å². The molecule has 5 atom stereocenters. The Hall–Kier alpha value is -2.25. The van der Waals surface area contributed by atoms with Crippen molar-refractivity contribution in [1.82, 2.24) is 10.2 Å². The smallest absolute Gasteiger partial charge is 0.250 e. The van der Waals surface area contributed by atoms with Crippen LogP contribution < -0.4 is 10.6 Å². The number of carbonyl (C=O) groups excluding carboxylic acids is 3. The lowest BCUT2D eigenvalue weighted by Crippen LogP contribution is -2.55. The van der Waals surface area contributed by atoms with Gasteiger partial charge in [0.2, 0.25) is 17.7 Å². The number of amides is 3. The molecule has 3 N–H and O–H groups in total. The molecule has 1 aromatic rings. The lowest BCUT2D eigenvalue weighted by atomic mass is 9.76. The third kappa shape index (κ3) is 2.82. The Morgan fingerprint density at radius 3 is 2.48 bits per heavy atom. The summed E-state index contributed by atoms with van der Waals surface area (Å²) in [4.78, 5) is 42.4. The summed E-state index contributed by atoms with van der Waals surface area (Å²) in [6.07, 6.45) is 5.82. The van der Waals surface area contributed by atoms with Crippen molar-refractivity contribution in [3.63, 3.8) is 0 Å². The molecule has 0 radical (unpaired) electrons. The average Bonchev–Trinajstić information content (AvgIpc) is 3.23. The number of aliphatic hydroxyl groups excluding tert-OH is 1. The molecule has 1 spiro atoms. The van der Waals surface area contributed by atoms with Crippen LogP contribution in [0, 0.1) is 11.8 Å². The number of carbonyl (C=O) groups is 3. The van der Waals surface area contributed by atoms with Crippen molar-refractivity contribution in [2.24, 2.45) is 11.8 Å². The van der Waals surface area contributed by atoms with Gasteiger partial charge in [-0.25, -0.2) is 0 Å². The number of aryl methyl sites for hydroxylation is 1. The molecule has 1 saturated carbocycles. The van der Waals surface area contributed by atoms with E-state index >= 15 is 0 Å². The number of nitrogens with one attached hydrogen (secondary N) is 2. The third-order valence-electron chi connectivity index (χ3n) is 7.87. The molecule has 3 heterocycles. The maximum atomic E-state index is 13.9. The molecule has 4 aliphatic rings. The Morgan fingerprint density at radius 2 is 1.84 bits per heavy atom. The normalized spacial score (nSPS) is 34.1. The van der Waals surface area contributed by atoms with Crippen LogP contribution in [0.25, 0.3) is 0 Å². The van der Waals surface area contributed by atoms with Crippen LogP contribution in [0.3, 0.4) is 0 Å². The Bertz CT molecular complexity index is 937. The van der Waals surface area contributed by atoms with Gasteiger partial charge in [0.05, 0.1) is 17.9 Å². The van der Waals surface area contributed by atoms with Gasteiger partial charge in [0.25, 0.3) is 0 Å². The van der Waals surface area contributed by atoms with E-state index < -0.39 is 29.5 Å². The highest BCUT2D eigenvalue weighted by molar-refractivity contribution is 6.15. The zero-order valence-corrected chi connectivity index (χ0v) is 18.2. The van der Waals surface area contributed by atoms with E-state index in [0.717, 1.165) is 56.1 Å². The summed E-state index contributed by atoms with van der Waals surface area (Å²) in [7, 11) is 0. The summed E-state index contributed by atoms with van der Waals surface area (Å²) in [6, 6.07) is 5.05. The van der Waals surface area contributed by atoms with Crippen LogP contribution >= 0.6 is 0 Å². The molecule has 0 bridgehead atoms. The molecule has 3 fully saturated rings. The first-order chi connectivity index (χ1) is 14.9. The minimum atomic E-state index is -1.32. The lowest BCUT2D eigenvalue weighted by molar-refractivity contribution is -0.146. The van der Waals surface area contributed by atoms with Gasteiger partial charge in [-0.15, -0.1) is 0 Å². The fraction of sp³-hybridized carbons (Fsp3) is 0.625. The van der Waals surface area contributed by atoms with Crippen LogP contribution in [0.15, 0.2) is 18.2 Å². The summed E-state index contributed by atoms with van der Waals surface area (Å²) in [5.74, 6) is -2.38. The van der Waals surface area contributed by atoms with E-state index in [1.54, 1.807) is 6.92 Å². The summed E-state index contributed by atoms with van der Waals surface area (Å²) in [5, 5.41) is 16.8. The molecule has 166 valence electrons. The Morgan fingerprint density at radius 1 is 1.13 bits per heavy atom. The zero-order chi connectivity index (χ0) is 21.9. The molecule has 5 rings (SSSR count). The first kappa shape index (κ1) is 20.6.